The van der Waals surface area contributed by atoms with Gasteiger partial charge in [-0.05, 0) is 32.4 Å². The minimum Gasteiger partial charge on any atom is -0.345 e. The molecule has 26 heavy (non-hydrogen) atoms. The maximum atomic E-state index is 9.60. The van der Waals surface area contributed by atoms with Gasteiger partial charge in [0.15, 0.2) is 12.1 Å². The van der Waals surface area contributed by atoms with Crippen LogP contribution in [0.3, 0.4) is 0 Å². The normalized spacial score (nSPS) is 30.7. The number of nitrogens with one attached hydrogen (secondary N) is 1. The van der Waals surface area contributed by atoms with E-state index in [0.717, 1.165) is 24.9 Å². The number of rotatable bonds is 8. The molecule has 1 aromatic carbocycles. The predicted octanol–water partition coefficient (Wildman–Crippen LogP) is 2.73. The third-order valence-corrected chi connectivity index (χ3v) is 4.67. The fourth-order valence-electron chi connectivity index (χ4n) is 3.42. The van der Waals surface area contributed by atoms with Gasteiger partial charge in [-0.1, -0.05) is 43.7 Å². The van der Waals surface area contributed by atoms with Gasteiger partial charge in [0, 0.05) is 0 Å². The van der Waals surface area contributed by atoms with Crippen LogP contribution in [0, 0.1) is 11.3 Å². The second kappa shape index (κ2) is 8.47. The first-order chi connectivity index (χ1) is 12.5. The van der Waals surface area contributed by atoms with Gasteiger partial charge in [-0.15, -0.1) is 0 Å². The van der Waals surface area contributed by atoms with Gasteiger partial charge < -0.3 is 18.9 Å². The van der Waals surface area contributed by atoms with Crippen LogP contribution in [0.4, 0.5) is 0 Å². The zero-order valence-electron chi connectivity index (χ0n) is 15.7. The Kier molecular flexibility index (Phi) is 6.28. The fraction of sp³-hybridized carbons (Fsp3) is 0.650. The Bertz CT molecular complexity index is 616. The third-order valence-electron chi connectivity index (χ3n) is 4.67. The Labute approximate surface area is 155 Å². The molecule has 2 saturated heterocycles. The number of hydrogen-bond donors (Lipinski definition) is 1. The molecule has 0 saturated carbocycles. The highest BCUT2D eigenvalue weighted by Crippen LogP contribution is 2.40. The van der Waals surface area contributed by atoms with Crippen molar-refractivity contribution in [1.29, 1.82) is 5.26 Å². The van der Waals surface area contributed by atoms with E-state index < -0.39 is 24.2 Å². The molecule has 3 rings (SSSR count). The maximum absolute atomic E-state index is 9.60. The molecule has 0 radical (unpaired) electrons. The maximum Gasteiger partial charge on any atom is 0.187 e. The molecule has 2 aliphatic heterocycles. The average Bonchev–Trinajstić information content (AvgIpc) is 3.11. The first kappa shape index (κ1) is 19.3. The number of hydrogen-bond acceptors (Lipinski definition) is 6. The fourth-order valence-corrected chi connectivity index (χ4v) is 3.42. The number of ether oxygens (including phenoxy) is 4. The molecule has 6 heteroatoms. The van der Waals surface area contributed by atoms with Crippen LogP contribution in [0.5, 0.6) is 0 Å². The van der Waals surface area contributed by atoms with Crippen LogP contribution in [-0.4, -0.2) is 43.0 Å². The molecule has 0 bridgehead atoms. The van der Waals surface area contributed by atoms with Crippen LogP contribution in [0.2, 0.25) is 0 Å². The van der Waals surface area contributed by atoms with Crippen molar-refractivity contribution >= 4 is 0 Å². The summed E-state index contributed by atoms with van der Waals surface area (Å²) >= 11 is 0. The van der Waals surface area contributed by atoms with E-state index in [2.05, 4.69) is 18.3 Å². The summed E-state index contributed by atoms with van der Waals surface area (Å²) in [6, 6.07) is 11.8. The van der Waals surface area contributed by atoms with Gasteiger partial charge in [-0.3, -0.25) is 5.32 Å². The molecule has 0 aromatic heterocycles. The van der Waals surface area contributed by atoms with Crippen molar-refractivity contribution in [2.24, 2.45) is 0 Å². The van der Waals surface area contributed by atoms with Gasteiger partial charge in [0.1, 0.15) is 24.4 Å². The highest BCUT2D eigenvalue weighted by Gasteiger charge is 2.57. The lowest BCUT2D eigenvalue weighted by Crippen LogP contribution is -2.46. The predicted molar refractivity (Wildman–Crippen MR) is 96.0 cm³/mol. The van der Waals surface area contributed by atoms with Crippen LogP contribution < -0.4 is 5.32 Å². The zero-order valence-corrected chi connectivity index (χ0v) is 15.7. The molecule has 1 N–H and O–H groups in total. The molecule has 6 nitrogen and oxygen atoms in total. The Morgan fingerprint density at radius 1 is 1.23 bits per heavy atom. The standard InChI is InChI=1S/C20H28N2O4/c1-4-5-11-22-15(12-21)16-17-18(26-20(2,3)25-17)19(24-16)23-13-14-9-7-6-8-10-14/h6-10,15-19,22H,4-5,11,13H2,1-3H3/t15-,16-,17+,18+,19+/m1/s1. The first-order valence-electron chi connectivity index (χ1n) is 9.33. The zero-order chi connectivity index (χ0) is 18.6. The van der Waals surface area contributed by atoms with E-state index >= 15 is 0 Å². The molecular weight excluding hydrogens is 332 g/mol. The number of nitriles is 1. The average molecular weight is 360 g/mol. The Morgan fingerprint density at radius 2 is 1.96 bits per heavy atom. The van der Waals surface area contributed by atoms with E-state index in [1.165, 1.54) is 0 Å². The topological polar surface area (TPSA) is 72.7 Å². The molecule has 2 aliphatic rings. The van der Waals surface area contributed by atoms with Crippen LogP contribution in [-0.2, 0) is 25.6 Å². The van der Waals surface area contributed by atoms with E-state index in [1.807, 2.05) is 44.2 Å². The van der Waals surface area contributed by atoms with E-state index in [1.54, 1.807) is 0 Å². The summed E-state index contributed by atoms with van der Waals surface area (Å²) in [6.45, 7) is 7.07. The second-order valence-corrected chi connectivity index (χ2v) is 7.24. The van der Waals surface area contributed by atoms with Crippen molar-refractivity contribution in [2.45, 2.75) is 76.7 Å². The molecule has 0 aliphatic carbocycles. The molecule has 0 spiro atoms. The van der Waals surface area contributed by atoms with Crippen molar-refractivity contribution < 1.29 is 18.9 Å². The van der Waals surface area contributed by atoms with Crippen molar-refractivity contribution in [3.8, 4) is 6.07 Å². The van der Waals surface area contributed by atoms with E-state index in [4.69, 9.17) is 18.9 Å². The monoisotopic (exact) mass is 360 g/mol. The van der Waals surface area contributed by atoms with Gasteiger partial charge in [0.25, 0.3) is 0 Å². The molecule has 0 amide bonds. The third kappa shape index (κ3) is 4.43. The molecule has 2 heterocycles. The van der Waals surface area contributed by atoms with Gasteiger partial charge in [-0.25, -0.2) is 0 Å². The summed E-state index contributed by atoms with van der Waals surface area (Å²) < 4.78 is 24.1. The van der Waals surface area contributed by atoms with Gasteiger partial charge >= 0.3 is 0 Å². The molecule has 0 unspecified atom stereocenters. The number of fused-ring (bicyclic) bond motifs is 1. The lowest BCUT2D eigenvalue weighted by molar-refractivity contribution is -0.237. The van der Waals surface area contributed by atoms with Crippen molar-refractivity contribution in [3.05, 3.63) is 35.9 Å². The molecule has 5 atom stereocenters. The van der Waals surface area contributed by atoms with Crippen LogP contribution >= 0.6 is 0 Å². The van der Waals surface area contributed by atoms with Gasteiger partial charge in [-0.2, -0.15) is 5.26 Å². The lowest BCUT2D eigenvalue weighted by atomic mass is 10.0. The Balaban J connectivity index is 1.68. The second-order valence-electron chi connectivity index (χ2n) is 7.24. The quantitative estimate of drug-likeness (QED) is 0.719. The molecular formula is C20H28N2O4. The summed E-state index contributed by atoms with van der Waals surface area (Å²) in [5.74, 6) is -0.713. The minimum atomic E-state index is -0.713. The number of nitrogens with zero attached hydrogens (tertiary/aromatic N) is 1. The lowest BCUT2D eigenvalue weighted by Gasteiger charge is -2.26. The Hall–Kier alpha value is -1.49. The smallest absolute Gasteiger partial charge is 0.187 e. The van der Waals surface area contributed by atoms with Crippen molar-refractivity contribution in [3.63, 3.8) is 0 Å². The summed E-state index contributed by atoms with van der Waals surface area (Å²) in [5, 5.41) is 12.9. The minimum absolute atomic E-state index is 0.329. The van der Waals surface area contributed by atoms with Crippen LogP contribution in [0.1, 0.15) is 39.2 Å². The van der Waals surface area contributed by atoms with Crippen molar-refractivity contribution in [1.82, 2.24) is 5.32 Å². The molecule has 1 aromatic rings. The molecule has 142 valence electrons. The van der Waals surface area contributed by atoms with Gasteiger partial charge in [0.2, 0.25) is 0 Å². The summed E-state index contributed by atoms with van der Waals surface area (Å²) in [5.41, 5.74) is 1.06. The van der Waals surface area contributed by atoms with Gasteiger partial charge in [0.05, 0.1) is 12.7 Å². The largest absolute Gasteiger partial charge is 0.345 e. The van der Waals surface area contributed by atoms with Crippen molar-refractivity contribution in [2.75, 3.05) is 6.54 Å². The number of benzene rings is 1. The Morgan fingerprint density at radius 3 is 2.65 bits per heavy atom. The van der Waals surface area contributed by atoms with E-state index in [0.29, 0.717) is 6.61 Å². The van der Waals surface area contributed by atoms with E-state index in [9.17, 15) is 5.26 Å². The summed E-state index contributed by atoms with van der Waals surface area (Å²) in [7, 11) is 0. The van der Waals surface area contributed by atoms with Crippen LogP contribution in [0.15, 0.2) is 30.3 Å². The summed E-state index contributed by atoms with van der Waals surface area (Å²) in [6.07, 6.45) is 0.417. The van der Waals surface area contributed by atoms with Crippen LogP contribution in [0.25, 0.3) is 0 Å². The van der Waals surface area contributed by atoms with E-state index in [-0.39, 0.29) is 12.2 Å². The summed E-state index contributed by atoms with van der Waals surface area (Å²) in [4.78, 5) is 0. The molecule has 2 fully saturated rings. The highest BCUT2D eigenvalue weighted by molar-refractivity contribution is 5.13. The SMILES string of the molecule is CCCCN[C@H](C#N)[C@H]1O[C@H](OCc2ccccc2)[C@H]2OC(C)(C)O[C@H]21. The first-order valence-corrected chi connectivity index (χ1v) is 9.33. The number of unbranched alkanes of at least 4 members (excludes halogenated alkanes) is 1. The highest BCUT2D eigenvalue weighted by atomic mass is 16.8.